The van der Waals surface area contributed by atoms with Crippen molar-refractivity contribution in [3.8, 4) is 0 Å². The zero-order chi connectivity index (χ0) is 17.1. The molecule has 0 bridgehead atoms. The first-order chi connectivity index (χ1) is 11.5. The summed E-state index contributed by atoms with van der Waals surface area (Å²) >= 11 is 1.23. The summed E-state index contributed by atoms with van der Waals surface area (Å²) in [7, 11) is 0. The largest absolute Gasteiger partial charge is 0.376 e. The molecule has 2 fully saturated rings. The Morgan fingerprint density at radius 1 is 1.38 bits per heavy atom. The van der Waals surface area contributed by atoms with Crippen molar-refractivity contribution >= 4 is 27.8 Å². The number of hydrogen-bond acceptors (Lipinski definition) is 5. The topological polar surface area (TPSA) is 70.3 Å². The van der Waals surface area contributed by atoms with Gasteiger partial charge in [0, 0.05) is 6.61 Å². The summed E-state index contributed by atoms with van der Waals surface area (Å²) in [6.45, 7) is 4.87. The van der Waals surface area contributed by atoms with Crippen LogP contribution < -0.4 is 11.2 Å². The molecule has 7 heteroatoms. The first-order valence-electron chi connectivity index (χ1n) is 8.32. The predicted octanol–water partition coefficient (Wildman–Crippen LogP) is 2.03. The lowest BCUT2D eigenvalue weighted by atomic mass is 10.2. The van der Waals surface area contributed by atoms with E-state index in [1.807, 2.05) is 6.92 Å². The van der Waals surface area contributed by atoms with Crippen LogP contribution in [0.15, 0.2) is 9.59 Å². The van der Waals surface area contributed by atoms with Crippen molar-refractivity contribution in [2.24, 2.45) is 0 Å². The second-order valence-corrected chi connectivity index (χ2v) is 8.09. The van der Waals surface area contributed by atoms with Crippen molar-refractivity contribution in [2.75, 3.05) is 6.61 Å². The van der Waals surface area contributed by atoms with Gasteiger partial charge in [-0.1, -0.05) is 0 Å². The highest BCUT2D eigenvalue weighted by Gasteiger charge is 2.43. The fourth-order valence-electron chi connectivity index (χ4n) is 3.51. The Kier molecular flexibility index (Phi) is 3.54. The van der Waals surface area contributed by atoms with E-state index in [1.165, 1.54) is 15.9 Å². The molecule has 6 nitrogen and oxygen atoms in total. The van der Waals surface area contributed by atoms with Crippen LogP contribution in [-0.4, -0.2) is 28.1 Å². The van der Waals surface area contributed by atoms with Crippen molar-refractivity contribution < 1.29 is 9.53 Å². The number of hydrogen-bond donors (Lipinski definition) is 0. The zero-order valence-corrected chi connectivity index (χ0v) is 14.6. The van der Waals surface area contributed by atoms with Crippen LogP contribution in [0.1, 0.15) is 47.8 Å². The molecule has 1 saturated heterocycles. The van der Waals surface area contributed by atoms with Crippen LogP contribution in [-0.2, 0) is 16.8 Å². The van der Waals surface area contributed by atoms with Gasteiger partial charge in [0.1, 0.15) is 4.83 Å². The Morgan fingerprint density at radius 3 is 2.71 bits per heavy atom. The summed E-state index contributed by atoms with van der Waals surface area (Å²) in [5.74, 6) is 0. The SMILES string of the molecule is Cc1c(C=O)sc2c1c(=O)n(C1(C)CC1)c(=O)n2C[C@@H]1CCCO1. The highest BCUT2D eigenvalue weighted by atomic mass is 32.1. The normalized spacial score (nSPS) is 22.2. The molecule has 1 atom stereocenters. The molecule has 2 aliphatic rings. The van der Waals surface area contributed by atoms with Crippen molar-refractivity contribution in [3.05, 3.63) is 31.3 Å². The van der Waals surface area contributed by atoms with Crippen LogP contribution >= 0.6 is 11.3 Å². The molecule has 4 rings (SSSR count). The Morgan fingerprint density at radius 2 is 2.12 bits per heavy atom. The molecular formula is C17H20N2O4S. The number of aryl methyl sites for hydroxylation is 1. The fraction of sp³-hybridized carbons (Fsp3) is 0.588. The number of fused-ring (bicyclic) bond motifs is 1. The molecule has 1 aliphatic carbocycles. The second kappa shape index (κ2) is 5.39. The lowest BCUT2D eigenvalue weighted by Crippen LogP contribution is -2.45. The first kappa shape index (κ1) is 15.8. The first-order valence-corrected chi connectivity index (χ1v) is 9.14. The molecule has 0 radical (unpaired) electrons. The van der Waals surface area contributed by atoms with Gasteiger partial charge in [0.15, 0.2) is 6.29 Å². The van der Waals surface area contributed by atoms with Gasteiger partial charge in [0.2, 0.25) is 0 Å². The van der Waals surface area contributed by atoms with Gasteiger partial charge in [-0.05, 0) is 45.1 Å². The van der Waals surface area contributed by atoms with Crippen molar-refractivity contribution in [3.63, 3.8) is 0 Å². The van der Waals surface area contributed by atoms with Gasteiger partial charge in [-0.25, -0.2) is 4.79 Å². The van der Waals surface area contributed by atoms with Crippen molar-refractivity contribution in [1.29, 1.82) is 0 Å². The Bertz CT molecular complexity index is 942. The number of aldehydes is 1. The average Bonchev–Trinajstić information content (AvgIpc) is 2.98. The van der Waals surface area contributed by atoms with Gasteiger partial charge < -0.3 is 4.74 Å². The van der Waals surface area contributed by atoms with Gasteiger partial charge in [-0.3, -0.25) is 18.7 Å². The minimum atomic E-state index is -0.393. The maximum Gasteiger partial charge on any atom is 0.332 e. The molecule has 3 heterocycles. The van der Waals surface area contributed by atoms with E-state index in [4.69, 9.17) is 4.74 Å². The molecule has 128 valence electrons. The van der Waals surface area contributed by atoms with Crippen LogP contribution in [0.25, 0.3) is 10.2 Å². The molecule has 1 aliphatic heterocycles. The molecule has 0 N–H and O–H groups in total. The molecule has 2 aromatic rings. The lowest BCUT2D eigenvalue weighted by Gasteiger charge is -2.18. The molecular weight excluding hydrogens is 328 g/mol. The van der Waals surface area contributed by atoms with Crippen LogP contribution in [0.5, 0.6) is 0 Å². The summed E-state index contributed by atoms with van der Waals surface area (Å²) < 4.78 is 8.74. The Balaban J connectivity index is 2.03. The smallest absolute Gasteiger partial charge is 0.332 e. The standard InChI is InChI=1S/C17H20N2O4S/c1-10-12(9-20)24-15-13(10)14(21)19(17(2)5-6-17)16(22)18(15)8-11-4-3-7-23-11/h9,11H,3-8H2,1-2H3/t11-/m0/s1. The molecule has 1 saturated carbocycles. The number of carbonyl (C=O) groups excluding carboxylic acids is 1. The predicted molar refractivity (Wildman–Crippen MR) is 92.3 cm³/mol. The quantitative estimate of drug-likeness (QED) is 0.793. The summed E-state index contributed by atoms with van der Waals surface area (Å²) in [5.41, 5.74) is -0.257. The van der Waals surface area contributed by atoms with E-state index in [-0.39, 0.29) is 17.4 Å². The van der Waals surface area contributed by atoms with E-state index in [2.05, 4.69) is 0 Å². The number of rotatable bonds is 4. The summed E-state index contributed by atoms with van der Waals surface area (Å²) in [6, 6.07) is 0. The molecule has 0 unspecified atom stereocenters. The third kappa shape index (κ3) is 2.22. The Labute approximate surface area is 142 Å². The second-order valence-electron chi connectivity index (χ2n) is 7.06. The molecule has 24 heavy (non-hydrogen) atoms. The van der Waals surface area contributed by atoms with Gasteiger partial charge >= 0.3 is 5.69 Å². The zero-order valence-electron chi connectivity index (χ0n) is 13.8. The van der Waals surface area contributed by atoms with Gasteiger partial charge in [-0.15, -0.1) is 11.3 Å². The van der Waals surface area contributed by atoms with Crippen molar-refractivity contribution in [1.82, 2.24) is 9.13 Å². The van der Waals surface area contributed by atoms with Gasteiger partial charge in [0.05, 0.1) is 28.5 Å². The summed E-state index contributed by atoms with van der Waals surface area (Å²) in [4.78, 5) is 38.5. The van der Waals surface area contributed by atoms with Crippen molar-refractivity contribution in [2.45, 2.75) is 57.7 Å². The highest BCUT2D eigenvalue weighted by Crippen LogP contribution is 2.41. The minimum absolute atomic E-state index is 0.00838. The lowest BCUT2D eigenvalue weighted by molar-refractivity contribution is 0.0964. The molecule has 2 aromatic heterocycles. The molecule has 0 amide bonds. The van der Waals surface area contributed by atoms with E-state index in [0.717, 1.165) is 32.0 Å². The van der Waals surface area contributed by atoms with Gasteiger partial charge in [0.25, 0.3) is 5.56 Å². The monoisotopic (exact) mass is 348 g/mol. The van der Waals surface area contributed by atoms with E-state index < -0.39 is 5.54 Å². The summed E-state index contributed by atoms with van der Waals surface area (Å²) in [6.07, 6.45) is 4.32. The average molecular weight is 348 g/mol. The fourth-order valence-corrected chi connectivity index (χ4v) is 4.63. The minimum Gasteiger partial charge on any atom is -0.376 e. The van der Waals surface area contributed by atoms with Crippen LogP contribution in [0.3, 0.4) is 0 Å². The molecule has 0 aromatic carbocycles. The number of thiophene rings is 1. The number of aromatic nitrogens is 2. The van der Waals surface area contributed by atoms with Crippen LogP contribution in [0, 0.1) is 6.92 Å². The van der Waals surface area contributed by atoms with Crippen LogP contribution in [0.2, 0.25) is 0 Å². The number of carbonyl (C=O) groups is 1. The maximum atomic E-state index is 13.1. The van der Waals surface area contributed by atoms with E-state index in [1.54, 1.807) is 11.5 Å². The third-order valence-corrected chi connectivity index (χ3v) is 6.52. The Hall–Kier alpha value is -1.73. The molecule has 0 spiro atoms. The highest BCUT2D eigenvalue weighted by molar-refractivity contribution is 7.20. The maximum absolute atomic E-state index is 13.1. The van der Waals surface area contributed by atoms with E-state index in [9.17, 15) is 14.4 Å². The number of nitrogens with zero attached hydrogens (tertiary/aromatic N) is 2. The van der Waals surface area contributed by atoms with Crippen LogP contribution in [0.4, 0.5) is 0 Å². The van der Waals surface area contributed by atoms with Gasteiger partial charge in [-0.2, -0.15) is 0 Å². The van der Waals surface area contributed by atoms with E-state index >= 15 is 0 Å². The third-order valence-electron chi connectivity index (χ3n) is 5.28. The number of ether oxygens (including phenoxy) is 1. The van der Waals surface area contributed by atoms with E-state index in [0.29, 0.717) is 33.8 Å². The summed E-state index contributed by atoms with van der Waals surface area (Å²) in [5, 5.41) is 0.507.